The Morgan fingerprint density at radius 3 is 1.88 bits per heavy atom. The molecule has 2 amide bonds. The highest BCUT2D eigenvalue weighted by molar-refractivity contribution is 5.95. The van der Waals surface area contributed by atoms with Gasteiger partial charge >= 0.3 is 0 Å². The van der Waals surface area contributed by atoms with Crippen LogP contribution >= 0.6 is 0 Å². The molecule has 26 heavy (non-hydrogen) atoms. The van der Waals surface area contributed by atoms with Gasteiger partial charge in [-0.2, -0.15) is 0 Å². The van der Waals surface area contributed by atoms with Crippen molar-refractivity contribution in [2.45, 2.75) is 0 Å². The van der Waals surface area contributed by atoms with Crippen molar-refractivity contribution in [1.82, 2.24) is 14.4 Å². The first-order valence-corrected chi connectivity index (χ1v) is 8.07. The molecule has 1 aliphatic rings. The summed E-state index contributed by atoms with van der Waals surface area (Å²) in [6.07, 6.45) is 1.53. The van der Waals surface area contributed by atoms with E-state index in [9.17, 15) is 23.2 Å². The average molecular weight is 361 g/mol. The van der Waals surface area contributed by atoms with Crippen LogP contribution in [0.2, 0.25) is 0 Å². The molecular formula is C18H17F2N3O3. The lowest BCUT2D eigenvalue weighted by atomic mass is 10.1. The third kappa shape index (κ3) is 3.49. The van der Waals surface area contributed by atoms with Crippen LogP contribution in [-0.2, 0) is 7.05 Å². The van der Waals surface area contributed by atoms with E-state index in [1.807, 2.05) is 0 Å². The monoisotopic (exact) mass is 361 g/mol. The highest BCUT2D eigenvalue weighted by Crippen LogP contribution is 2.14. The Hall–Kier alpha value is -3.03. The molecule has 1 aliphatic heterocycles. The molecule has 136 valence electrons. The number of pyridine rings is 1. The van der Waals surface area contributed by atoms with Gasteiger partial charge in [0.1, 0.15) is 0 Å². The molecule has 2 heterocycles. The maximum atomic E-state index is 13.3. The van der Waals surface area contributed by atoms with Gasteiger partial charge in [-0.1, -0.05) is 0 Å². The number of benzene rings is 1. The highest BCUT2D eigenvalue weighted by atomic mass is 19.2. The van der Waals surface area contributed by atoms with Gasteiger partial charge in [-0.05, 0) is 24.3 Å². The summed E-state index contributed by atoms with van der Waals surface area (Å²) in [7, 11) is 1.60. The minimum atomic E-state index is -1.07. The fourth-order valence-corrected chi connectivity index (χ4v) is 2.79. The van der Waals surface area contributed by atoms with Crippen molar-refractivity contribution in [2.24, 2.45) is 7.05 Å². The van der Waals surface area contributed by atoms with E-state index in [1.165, 1.54) is 27.8 Å². The summed E-state index contributed by atoms with van der Waals surface area (Å²) in [6.45, 7) is 1.13. The van der Waals surface area contributed by atoms with Gasteiger partial charge in [-0.3, -0.25) is 14.4 Å². The van der Waals surface area contributed by atoms with Crippen LogP contribution < -0.4 is 5.56 Å². The molecule has 1 aromatic heterocycles. The summed E-state index contributed by atoms with van der Waals surface area (Å²) < 4.78 is 27.7. The van der Waals surface area contributed by atoms with E-state index in [0.717, 1.165) is 12.1 Å². The lowest BCUT2D eigenvalue weighted by Crippen LogP contribution is -2.50. The Morgan fingerprint density at radius 1 is 0.846 bits per heavy atom. The number of carbonyl (C=O) groups is 2. The predicted octanol–water partition coefficient (Wildman–Crippen LogP) is 1.26. The third-order valence-electron chi connectivity index (χ3n) is 4.37. The fraction of sp³-hybridized carbons (Fsp3) is 0.278. The SMILES string of the molecule is Cn1ccc(C(=O)N2CCN(C(=O)c3ccc(F)c(F)c3)CC2)cc1=O. The molecular weight excluding hydrogens is 344 g/mol. The Bertz CT molecular complexity index is 918. The van der Waals surface area contributed by atoms with Crippen LogP contribution in [0.5, 0.6) is 0 Å². The lowest BCUT2D eigenvalue weighted by Gasteiger charge is -2.34. The molecule has 0 N–H and O–H groups in total. The Labute approximate surface area is 148 Å². The number of amides is 2. The van der Waals surface area contributed by atoms with Crippen molar-refractivity contribution in [2.75, 3.05) is 26.2 Å². The van der Waals surface area contributed by atoms with Crippen LogP contribution in [0.4, 0.5) is 8.78 Å². The first-order chi connectivity index (χ1) is 12.4. The molecule has 0 spiro atoms. The smallest absolute Gasteiger partial charge is 0.254 e. The van der Waals surface area contributed by atoms with Crippen LogP contribution in [0, 0.1) is 11.6 Å². The quantitative estimate of drug-likeness (QED) is 0.809. The topological polar surface area (TPSA) is 62.6 Å². The third-order valence-corrected chi connectivity index (χ3v) is 4.37. The van der Waals surface area contributed by atoms with Gasteiger partial charge in [0.05, 0.1) is 0 Å². The second-order valence-corrected chi connectivity index (χ2v) is 6.08. The molecule has 1 saturated heterocycles. The van der Waals surface area contributed by atoms with E-state index < -0.39 is 17.5 Å². The zero-order chi connectivity index (χ0) is 18.8. The number of rotatable bonds is 2. The van der Waals surface area contributed by atoms with Crippen molar-refractivity contribution < 1.29 is 18.4 Å². The van der Waals surface area contributed by atoms with E-state index in [2.05, 4.69) is 0 Å². The van der Waals surface area contributed by atoms with Gasteiger partial charge in [0.2, 0.25) is 0 Å². The average Bonchev–Trinajstić information content (AvgIpc) is 2.65. The summed E-state index contributed by atoms with van der Waals surface area (Å²) in [5.74, 6) is -2.77. The normalized spacial score (nSPS) is 14.4. The van der Waals surface area contributed by atoms with Crippen molar-refractivity contribution in [3.05, 3.63) is 69.6 Å². The molecule has 0 atom stereocenters. The minimum absolute atomic E-state index is 0.0650. The summed E-state index contributed by atoms with van der Waals surface area (Å²) in [6, 6.07) is 5.87. The van der Waals surface area contributed by atoms with Gasteiger partial charge < -0.3 is 14.4 Å². The van der Waals surface area contributed by atoms with E-state index in [1.54, 1.807) is 18.0 Å². The zero-order valence-corrected chi connectivity index (χ0v) is 14.1. The number of nitrogens with zero attached hydrogens (tertiary/aromatic N) is 3. The first kappa shape index (κ1) is 17.8. The van der Waals surface area contributed by atoms with E-state index in [-0.39, 0.29) is 30.1 Å². The molecule has 3 rings (SSSR count). The van der Waals surface area contributed by atoms with Gasteiger partial charge in [0, 0.05) is 56.6 Å². The summed E-state index contributed by atoms with van der Waals surface area (Å²) in [5, 5.41) is 0. The van der Waals surface area contributed by atoms with Crippen molar-refractivity contribution in [3.63, 3.8) is 0 Å². The number of hydrogen-bond donors (Lipinski definition) is 0. The molecule has 0 unspecified atom stereocenters. The molecule has 2 aromatic rings. The number of halogens is 2. The Morgan fingerprint density at radius 2 is 1.38 bits per heavy atom. The number of aryl methyl sites for hydroxylation is 1. The number of aromatic nitrogens is 1. The van der Waals surface area contributed by atoms with Crippen LogP contribution in [0.25, 0.3) is 0 Å². The molecule has 0 saturated carbocycles. The maximum absolute atomic E-state index is 13.3. The predicted molar refractivity (Wildman–Crippen MR) is 89.8 cm³/mol. The second kappa shape index (κ2) is 7.07. The van der Waals surface area contributed by atoms with Gasteiger partial charge in [-0.15, -0.1) is 0 Å². The van der Waals surface area contributed by atoms with Crippen LogP contribution in [0.1, 0.15) is 20.7 Å². The maximum Gasteiger partial charge on any atom is 0.254 e. The van der Waals surface area contributed by atoms with Crippen molar-refractivity contribution >= 4 is 11.8 Å². The Kier molecular flexibility index (Phi) is 4.83. The van der Waals surface area contributed by atoms with E-state index >= 15 is 0 Å². The number of carbonyl (C=O) groups excluding carboxylic acids is 2. The largest absolute Gasteiger partial charge is 0.335 e. The summed E-state index contributed by atoms with van der Waals surface area (Å²) in [4.78, 5) is 39.6. The standard InChI is InChI=1S/C18H17F2N3O3/c1-21-5-4-13(11-16(21)24)18(26)23-8-6-22(7-9-23)17(25)12-2-3-14(19)15(20)10-12/h2-5,10-11H,6-9H2,1H3. The Balaban J connectivity index is 1.65. The van der Waals surface area contributed by atoms with Crippen molar-refractivity contribution in [3.8, 4) is 0 Å². The molecule has 0 aliphatic carbocycles. The highest BCUT2D eigenvalue weighted by Gasteiger charge is 2.26. The van der Waals surface area contributed by atoms with E-state index in [4.69, 9.17) is 0 Å². The second-order valence-electron chi connectivity index (χ2n) is 6.08. The van der Waals surface area contributed by atoms with Gasteiger partial charge in [-0.25, -0.2) is 8.78 Å². The van der Waals surface area contributed by atoms with Crippen LogP contribution in [-0.4, -0.2) is 52.4 Å². The molecule has 0 bridgehead atoms. The zero-order valence-electron chi connectivity index (χ0n) is 14.1. The number of hydrogen-bond acceptors (Lipinski definition) is 3. The van der Waals surface area contributed by atoms with Gasteiger partial charge in [0.15, 0.2) is 11.6 Å². The molecule has 0 radical (unpaired) electrons. The van der Waals surface area contributed by atoms with Crippen LogP contribution in [0.3, 0.4) is 0 Å². The summed E-state index contributed by atoms with van der Waals surface area (Å²) in [5.41, 5.74) is 0.0896. The van der Waals surface area contributed by atoms with Crippen molar-refractivity contribution in [1.29, 1.82) is 0 Å². The molecule has 1 fully saturated rings. The first-order valence-electron chi connectivity index (χ1n) is 8.07. The molecule has 6 nitrogen and oxygen atoms in total. The van der Waals surface area contributed by atoms with Crippen LogP contribution in [0.15, 0.2) is 41.3 Å². The lowest BCUT2D eigenvalue weighted by molar-refractivity contribution is 0.0535. The summed E-state index contributed by atoms with van der Waals surface area (Å²) >= 11 is 0. The van der Waals surface area contributed by atoms with E-state index in [0.29, 0.717) is 18.7 Å². The van der Waals surface area contributed by atoms with Gasteiger partial charge in [0.25, 0.3) is 17.4 Å². The fourth-order valence-electron chi connectivity index (χ4n) is 2.79. The minimum Gasteiger partial charge on any atom is -0.335 e. The molecule has 1 aromatic carbocycles. The number of piperazine rings is 1. The molecule has 8 heteroatoms.